The number of likely N-dealkylation sites (N-methyl/N-ethyl adjacent to an activating group) is 1. The number of carbonyl (C=O) groups excluding carboxylic acids is 1. The summed E-state index contributed by atoms with van der Waals surface area (Å²) in [5.41, 5.74) is 1.31. The topological polar surface area (TPSA) is 128 Å². The average molecular weight is 578 g/mol. The third-order valence-corrected chi connectivity index (χ3v) is 5.80. The van der Waals surface area contributed by atoms with Gasteiger partial charge < -0.3 is 20.0 Å². The molecule has 0 aliphatic rings. The van der Waals surface area contributed by atoms with E-state index in [2.05, 4.69) is 26.2 Å². The molecular weight excluding hydrogens is 561 g/mol. The van der Waals surface area contributed by atoms with Crippen LogP contribution >= 0.6 is 15.9 Å². The number of carboxylic acid groups (broad SMARTS) is 1. The minimum absolute atomic E-state index is 0.0381. The minimum Gasteiger partial charge on any atom is -0.490 e. The fraction of sp³-hybridized carbons (Fsp3) is 0.227. The Labute approximate surface area is 208 Å². The lowest BCUT2D eigenvalue weighted by Gasteiger charge is -2.25. The number of hydrogen-bond acceptors (Lipinski definition) is 6. The molecule has 0 radical (unpaired) electrons. The van der Waals surface area contributed by atoms with Gasteiger partial charge in [0.05, 0.1) is 12.2 Å². The van der Waals surface area contributed by atoms with E-state index in [1.807, 2.05) is 0 Å². The molecule has 1 unspecified atom stereocenters. The molecule has 0 fully saturated rings. The summed E-state index contributed by atoms with van der Waals surface area (Å²) in [6.07, 6.45) is -4.95. The summed E-state index contributed by atoms with van der Waals surface area (Å²) in [5, 5.41) is 12.5. The van der Waals surface area contributed by atoms with Gasteiger partial charge in [0.25, 0.3) is 5.91 Å². The standard InChI is InChI=1S/C22H17BrF5N3O5/c1-30-21(20(33)34,8-9-35-13-7-6-12(24)14(15(13)25)18(29)32)19-31-16(17(23)36-19)10-2-4-11(5-3-10)22(26,27)28/h2-7,30H,8-9H2,1H3,(H2,29,32)(H,33,34). The van der Waals surface area contributed by atoms with Crippen molar-refractivity contribution in [3.05, 3.63) is 69.7 Å². The molecule has 0 bridgehead atoms. The lowest BCUT2D eigenvalue weighted by Crippen LogP contribution is -2.48. The molecule has 0 saturated heterocycles. The van der Waals surface area contributed by atoms with E-state index in [0.29, 0.717) is 0 Å². The number of ether oxygens (including phenoxy) is 1. The summed E-state index contributed by atoms with van der Waals surface area (Å²) in [6.45, 7) is -0.469. The highest BCUT2D eigenvalue weighted by Gasteiger charge is 2.45. The Balaban J connectivity index is 1.89. The van der Waals surface area contributed by atoms with Gasteiger partial charge in [-0.25, -0.2) is 18.6 Å². The molecular formula is C22H17BrF5N3O5. The summed E-state index contributed by atoms with van der Waals surface area (Å²) in [4.78, 5) is 27.7. The molecule has 0 saturated carbocycles. The number of carbonyl (C=O) groups is 2. The molecule has 1 heterocycles. The molecule has 4 N–H and O–H groups in total. The maximum atomic E-state index is 14.4. The third kappa shape index (κ3) is 5.18. The Kier molecular flexibility index (Phi) is 7.69. The number of oxazole rings is 1. The lowest BCUT2D eigenvalue weighted by molar-refractivity contribution is -0.147. The van der Waals surface area contributed by atoms with E-state index in [-0.39, 0.29) is 21.8 Å². The molecule has 8 nitrogen and oxygen atoms in total. The summed E-state index contributed by atoms with van der Waals surface area (Å²) in [6, 6.07) is 5.64. The molecule has 3 aromatic rings. The van der Waals surface area contributed by atoms with E-state index in [4.69, 9.17) is 14.9 Å². The number of nitrogens with two attached hydrogens (primary N) is 1. The number of nitrogens with zero attached hydrogens (tertiary/aromatic N) is 1. The second-order valence-corrected chi connectivity index (χ2v) is 8.09. The van der Waals surface area contributed by atoms with Crippen LogP contribution in [0.15, 0.2) is 45.5 Å². The lowest BCUT2D eigenvalue weighted by atomic mass is 9.95. The molecule has 36 heavy (non-hydrogen) atoms. The van der Waals surface area contributed by atoms with Crippen LogP contribution in [0, 0.1) is 11.6 Å². The molecule has 0 aliphatic heterocycles. The van der Waals surface area contributed by atoms with E-state index in [9.17, 15) is 36.6 Å². The summed E-state index contributed by atoms with van der Waals surface area (Å²) in [5.74, 6) is -6.27. The van der Waals surface area contributed by atoms with Crippen LogP contribution in [0.5, 0.6) is 5.75 Å². The van der Waals surface area contributed by atoms with Crippen LogP contribution in [0.4, 0.5) is 22.0 Å². The fourth-order valence-corrected chi connectivity index (χ4v) is 3.78. The first-order valence-electron chi connectivity index (χ1n) is 9.99. The van der Waals surface area contributed by atoms with Crippen molar-refractivity contribution in [3.8, 4) is 17.0 Å². The molecule has 0 spiro atoms. The van der Waals surface area contributed by atoms with Gasteiger partial charge in [0.15, 0.2) is 21.8 Å². The second kappa shape index (κ2) is 10.2. The Hall–Kier alpha value is -3.52. The molecule has 192 valence electrons. The number of aromatic nitrogens is 1. The van der Waals surface area contributed by atoms with Gasteiger partial charge >= 0.3 is 12.1 Å². The number of carboxylic acids is 1. The number of alkyl halides is 3. The highest BCUT2D eigenvalue weighted by Crippen LogP contribution is 2.36. The van der Waals surface area contributed by atoms with Gasteiger partial charge in [-0.2, -0.15) is 13.2 Å². The van der Waals surface area contributed by atoms with Crippen LogP contribution in [0.25, 0.3) is 11.3 Å². The van der Waals surface area contributed by atoms with E-state index in [1.165, 1.54) is 7.05 Å². The predicted octanol–water partition coefficient (Wildman–Crippen LogP) is 4.47. The van der Waals surface area contributed by atoms with Gasteiger partial charge in [-0.05, 0) is 47.2 Å². The normalized spacial score (nSPS) is 13.3. The van der Waals surface area contributed by atoms with Crippen molar-refractivity contribution < 1.29 is 45.8 Å². The largest absolute Gasteiger partial charge is 0.490 e. The van der Waals surface area contributed by atoms with Crippen molar-refractivity contribution in [2.24, 2.45) is 5.73 Å². The van der Waals surface area contributed by atoms with Crippen molar-refractivity contribution in [2.45, 2.75) is 18.1 Å². The zero-order valence-electron chi connectivity index (χ0n) is 18.3. The number of nitrogens with one attached hydrogen (secondary N) is 1. The van der Waals surface area contributed by atoms with Crippen LogP contribution in [0.1, 0.15) is 28.2 Å². The monoisotopic (exact) mass is 577 g/mol. The second-order valence-electron chi connectivity index (χ2n) is 7.37. The van der Waals surface area contributed by atoms with Gasteiger partial charge in [-0.15, -0.1) is 0 Å². The Morgan fingerprint density at radius 1 is 1.17 bits per heavy atom. The first-order valence-corrected chi connectivity index (χ1v) is 10.8. The average Bonchev–Trinajstić information content (AvgIpc) is 3.19. The van der Waals surface area contributed by atoms with Gasteiger partial charge in [0.2, 0.25) is 5.89 Å². The van der Waals surface area contributed by atoms with Crippen molar-refractivity contribution >= 4 is 27.8 Å². The van der Waals surface area contributed by atoms with E-state index >= 15 is 0 Å². The predicted molar refractivity (Wildman–Crippen MR) is 118 cm³/mol. The number of benzene rings is 2. The number of aliphatic carboxylic acids is 1. The van der Waals surface area contributed by atoms with Crippen molar-refractivity contribution in [1.29, 1.82) is 0 Å². The minimum atomic E-state index is -4.54. The van der Waals surface area contributed by atoms with Gasteiger partial charge in [0, 0.05) is 12.0 Å². The Morgan fingerprint density at radius 3 is 2.33 bits per heavy atom. The van der Waals surface area contributed by atoms with Crippen LogP contribution in [-0.4, -0.2) is 35.6 Å². The first kappa shape index (κ1) is 27.1. The number of primary amides is 1. The van der Waals surface area contributed by atoms with E-state index in [1.54, 1.807) is 0 Å². The van der Waals surface area contributed by atoms with Crippen LogP contribution < -0.4 is 15.8 Å². The number of rotatable bonds is 9. The maximum Gasteiger partial charge on any atom is 0.416 e. The van der Waals surface area contributed by atoms with Crippen molar-refractivity contribution in [1.82, 2.24) is 10.3 Å². The van der Waals surface area contributed by atoms with Crippen LogP contribution in [-0.2, 0) is 16.5 Å². The van der Waals surface area contributed by atoms with E-state index in [0.717, 1.165) is 36.4 Å². The molecule has 1 amide bonds. The molecule has 0 aliphatic carbocycles. The molecule has 3 rings (SSSR count). The highest BCUT2D eigenvalue weighted by molar-refractivity contribution is 9.10. The van der Waals surface area contributed by atoms with Crippen molar-refractivity contribution in [3.63, 3.8) is 0 Å². The van der Waals surface area contributed by atoms with Gasteiger partial charge in [-0.3, -0.25) is 10.1 Å². The Bertz CT molecular complexity index is 1300. The number of halogens is 6. The van der Waals surface area contributed by atoms with Crippen molar-refractivity contribution in [2.75, 3.05) is 13.7 Å². The molecule has 1 atom stereocenters. The van der Waals surface area contributed by atoms with Gasteiger partial charge in [0.1, 0.15) is 17.1 Å². The fourth-order valence-electron chi connectivity index (χ4n) is 3.31. The smallest absolute Gasteiger partial charge is 0.416 e. The molecule has 2 aromatic carbocycles. The summed E-state index contributed by atoms with van der Waals surface area (Å²) in [7, 11) is 1.29. The molecule has 1 aromatic heterocycles. The van der Waals surface area contributed by atoms with Crippen LogP contribution in [0.3, 0.4) is 0 Å². The maximum absolute atomic E-state index is 14.4. The van der Waals surface area contributed by atoms with Crippen LogP contribution in [0.2, 0.25) is 0 Å². The third-order valence-electron chi connectivity index (χ3n) is 5.27. The summed E-state index contributed by atoms with van der Waals surface area (Å²) < 4.78 is 77.3. The Morgan fingerprint density at radius 2 is 1.81 bits per heavy atom. The SMILES string of the molecule is CNC(CCOc1ccc(F)c(C(N)=O)c1F)(C(=O)O)c1nc(-c2ccc(C(F)(F)F)cc2)c(Br)o1. The zero-order valence-corrected chi connectivity index (χ0v) is 19.8. The highest BCUT2D eigenvalue weighted by atomic mass is 79.9. The number of amides is 1. The quantitative estimate of drug-likeness (QED) is 0.320. The van der Waals surface area contributed by atoms with Gasteiger partial charge in [-0.1, -0.05) is 12.1 Å². The molecule has 14 heteroatoms. The zero-order chi connectivity index (χ0) is 26.8. The first-order chi connectivity index (χ1) is 16.8. The van der Waals surface area contributed by atoms with E-state index < -0.39 is 65.1 Å². The number of hydrogen-bond donors (Lipinski definition) is 3. The summed E-state index contributed by atoms with van der Waals surface area (Å²) >= 11 is 3.09.